The molecule has 3 aromatic rings. The first-order chi connectivity index (χ1) is 9.74. The van der Waals surface area contributed by atoms with Crippen molar-refractivity contribution < 1.29 is 4.42 Å². The zero-order valence-electron chi connectivity index (χ0n) is 11.3. The summed E-state index contributed by atoms with van der Waals surface area (Å²) in [6.07, 6.45) is 3.68. The van der Waals surface area contributed by atoms with Gasteiger partial charge in [0.25, 0.3) is 0 Å². The fourth-order valence-corrected chi connectivity index (χ4v) is 2.62. The van der Waals surface area contributed by atoms with E-state index in [1.54, 1.807) is 18.0 Å². The van der Waals surface area contributed by atoms with Gasteiger partial charge in [0, 0.05) is 25.0 Å². The second-order valence-corrected chi connectivity index (χ2v) is 5.37. The van der Waals surface area contributed by atoms with E-state index in [1.807, 2.05) is 49.0 Å². The molecule has 0 radical (unpaired) electrons. The molecule has 0 spiro atoms. The maximum atomic E-state index is 5.71. The zero-order chi connectivity index (χ0) is 13.9. The highest BCUT2D eigenvalue weighted by Crippen LogP contribution is 2.24. The molecule has 0 saturated carbocycles. The van der Waals surface area contributed by atoms with E-state index in [1.165, 1.54) is 0 Å². The van der Waals surface area contributed by atoms with Crippen LogP contribution in [-0.4, -0.2) is 19.7 Å². The number of nitrogens with zero attached hydrogens (tertiary/aromatic N) is 4. The van der Waals surface area contributed by atoms with Crippen LogP contribution in [0.1, 0.15) is 11.5 Å². The van der Waals surface area contributed by atoms with Gasteiger partial charge >= 0.3 is 0 Å². The lowest BCUT2D eigenvalue weighted by molar-refractivity contribution is 0.528. The SMILES string of the molecule is Cc1ccccc1-c1nnc(CSc2nccn2C)o1. The molecule has 0 saturated heterocycles. The Labute approximate surface area is 121 Å². The predicted octanol–water partition coefficient (Wildman–Crippen LogP) is 3.07. The molecule has 0 atom stereocenters. The van der Waals surface area contributed by atoms with Gasteiger partial charge in [0.2, 0.25) is 11.8 Å². The number of aromatic nitrogens is 4. The Morgan fingerprint density at radius 3 is 2.85 bits per heavy atom. The van der Waals surface area contributed by atoms with Crippen LogP contribution in [0, 0.1) is 6.92 Å². The largest absolute Gasteiger partial charge is 0.420 e. The van der Waals surface area contributed by atoms with Crippen LogP contribution in [-0.2, 0) is 12.8 Å². The summed E-state index contributed by atoms with van der Waals surface area (Å²) in [5.41, 5.74) is 2.10. The van der Waals surface area contributed by atoms with Crippen LogP contribution in [0.25, 0.3) is 11.5 Å². The Morgan fingerprint density at radius 2 is 2.10 bits per heavy atom. The third kappa shape index (κ3) is 2.60. The minimum atomic E-state index is 0.568. The van der Waals surface area contributed by atoms with Crippen LogP contribution in [0.15, 0.2) is 46.2 Å². The summed E-state index contributed by atoms with van der Waals surface area (Å²) in [6.45, 7) is 2.03. The van der Waals surface area contributed by atoms with Crippen molar-refractivity contribution in [3.63, 3.8) is 0 Å². The van der Waals surface area contributed by atoms with E-state index in [9.17, 15) is 0 Å². The van der Waals surface area contributed by atoms with Gasteiger partial charge in [-0.05, 0) is 18.6 Å². The number of aryl methyl sites for hydroxylation is 2. The predicted molar refractivity (Wildman–Crippen MR) is 77.2 cm³/mol. The van der Waals surface area contributed by atoms with Gasteiger partial charge in [-0.3, -0.25) is 0 Å². The van der Waals surface area contributed by atoms with Gasteiger partial charge in [0.15, 0.2) is 5.16 Å². The molecule has 0 bridgehead atoms. The highest BCUT2D eigenvalue weighted by Gasteiger charge is 2.11. The van der Waals surface area contributed by atoms with Crippen molar-refractivity contribution in [1.29, 1.82) is 0 Å². The smallest absolute Gasteiger partial charge is 0.248 e. The third-order valence-electron chi connectivity index (χ3n) is 2.94. The Hall–Kier alpha value is -2.08. The van der Waals surface area contributed by atoms with Crippen LogP contribution in [0.5, 0.6) is 0 Å². The highest BCUT2D eigenvalue weighted by atomic mass is 32.2. The number of imidazole rings is 1. The van der Waals surface area contributed by atoms with Crippen molar-refractivity contribution in [1.82, 2.24) is 19.7 Å². The average Bonchev–Trinajstić information content (AvgIpc) is 3.06. The molecular formula is C14H14N4OS. The van der Waals surface area contributed by atoms with Crippen molar-refractivity contribution >= 4 is 11.8 Å². The molecule has 0 N–H and O–H groups in total. The van der Waals surface area contributed by atoms with E-state index >= 15 is 0 Å². The molecule has 0 aliphatic carbocycles. The first kappa shape index (κ1) is 12.9. The van der Waals surface area contributed by atoms with Crippen molar-refractivity contribution in [3.05, 3.63) is 48.1 Å². The molecule has 20 heavy (non-hydrogen) atoms. The number of thioether (sulfide) groups is 1. The summed E-state index contributed by atoms with van der Waals surface area (Å²) in [4.78, 5) is 4.25. The quantitative estimate of drug-likeness (QED) is 0.690. The molecule has 0 unspecified atom stereocenters. The molecule has 2 heterocycles. The van der Waals surface area contributed by atoms with Gasteiger partial charge in [-0.15, -0.1) is 10.2 Å². The number of hydrogen-bond donors (Lipinski definition) is 0. The standard InChI is InChI=1S/C14H14N4OS/c1-10-5-3-4-6-11(10)13-17-16-12(19-13)9-20-14-15-7-8-18(14)2/h3-8H,9H2,1-2H3. The summed E-state index contributed by atoms with van der Waals surface area (Å²) in [5.74, 6) is 1.79. The van der Waals surface area contributed by atoms with Gasteiger partial charge < -0.3 is 8.98 Å². The average molecular weight is 286 g/mol. The fourth-order valence-electron chi connectivity index (χ4n) is 1.85. The lowest BCUT2D eigenvalue weighted by Gasteiger charge is -1.99. The number of benzene rings is 1. The Kier molecular flexibility index (Phi) is 3.56. The summed E-state index contributed by atoms with van der Waals surface area (Å²) >= 11 is 1.58. The molecule has 3 rings (SSSR count). The fraction of sp³-hybridized carbons (Fsp3) is 0.214. The minimum Gasteiger partial charge on any atom is -0.420 e. The summed E-state index contributed by atoms with van der Waals surface area (Å²) in [5, 5.41) is 9.13. The monoisotopic (exact) mass is 286 g/mol. The maximum Gasteiger partial charge on any atom is 0.248 e. The van der Waals surface area contributed by atoms with Crippen LogP contribution >= 0.6 is 11.8 Å². The van der Waals surface area contributed by atoms with Gasteiger partial charge in [-0.2, -0.15) is 0 Å². The van der Waals surface area contributed by atoms with Crippen molar-refractivity contribution in [2.45, 2.75) is 17.8 Å². The van der Waals surface area contributed by atoms with Crippen LogP contribution in [0.3, 0.4) is 0 Å². The van der Waals surface area contributed by atoms with Crippen LogP contribution in [0.2, 0.25) is 0 Å². The molecular weight excluding hydrogens is 272 g/mol. The minimum absolute atomic E-state index is 0.568. The van der Waals surface area contributed by atoms with Gasteiger partial charge in [-0.1, -0.05) is 30.0 Å². The third-order valence-corrected chi connectivity index (χ3v) is 3.99. The summed E-state index contributed by atoms with van der Waals surface area (Å²) < 4.78 is 7.67. The normalized spacial score (nSPS) is 10.9. The van der Waals surface area contributed by atoms with Gasteiger partial charge in [-0.25, -0.2) is 4.98 Å². The van der Waals surface area contributed by atoms with E-state index in [4.69, 9.17) is 4.42 Å². The van der Waals surface area contributed by atoms with E-state index in [2.05, 4.69) is 15.2 Å². The molecule has 5 nitrogen and oxygen atoms in total. The molecule has 2 aromatic heterocycles. The zero-order valence-corrected chi connectivity index (χ0v) is 12.1. The first-order valence-electron chi connectivity index (χ1n) is 6.22. The Bertz CT molecular complexity index is 719. The van der Waals surface area contributed by atoms with E-state index < -0.39 is 0 Å². The molecule has 102 valence electrons. The molecule has 0 aliphatic heterocycles. The van der Waals surface area contributed by atoms with E-state index in [0.29, 0.717) is 17.5 Å². The summed E-state index contributed by atoms with van der Waals surface area (Å²) in [6, 6.07) is 7.97. The Balaban J connectivity index is 1.74. The van der Waals surface area contributed by atoms with Gasteiger partial charge in [0.1, 0.15) is 0 Å². The molecule has 6 heteroatoms. The molecule has 0 fully saturated rings. The number of rotatable bonds is 4. The number of hydrogen-bond acceptors (Lipinski definition) is 5. The van der Waals surface area contributed by atoms with Crippen LogP contribution < -0.4 is 0 Å². The molecule has 1 aromatic carbocycles. The Morgan fingerprint density at radius 1 is 1.25 bits per heavy atom. The first-order valence-corrected chi connectivity index (χ1v) is 7.21. The second kappa shape index (κ2) is 5.50. The topological polar surface area (TPSA) is 56.7 Å². The lowest BCUT2D eigenvalue weighted by atomic mass is 10.1. The van der Waals surface area contributed by atoms with E-state index in [0.717, 1.165) is 16.3 Å². The summed E-state index contributed by atoms with van der Waals surface area (Å²) in [7, 11) is 1.96. The van der Waals surface area contributed by atoms with Crippen LogP contribution in [0.4, 0.5) is 0 Å². The van der Waals surface area contributed by atoms with Crippen molar-refractivity contribution in [2.24, 2.45) is 7.05 Å². The van der Waals surface area contributed by atoms with Gasteiger partial charge in [0.05, 0.1) is 5.75 Å². The molecule has 0 aliphatic rings. The van der Waals surface area contributed by atoms with E-state index in [-0.39, 0.29) is 0 Å². The van der Waals surface area contributed by atoms with Crippen molar-refractivity contribution in [3.8, 4) is 11.5 Å². The second-order valence-electron chi connectivity index (χ2n) is 4.43. The molecule has 0 amide bonds. The maximum absolute atomic E-state index is 5.71. The highest BCUT2D eigenvalue weighted by molar-refractivity contribution is 7.98. The van der Waals surface area contributed by atoms with Crippen molar-refractivity contribution in [2.75, 3.05) is 0 Å². The lowest BCUT2D eigenvalue weighted by Crippen LogP contribution is -1.89.